The van der Waals surface area contributed by atoms with E-state index in [1.54, 1.807) is 0 Å². The quantitative estimate of drug-likeness (QED) is 0.761. The van der Waals surface area contributed by atoms with E-state index in [0.29, 0.717) is 0 Å². The SMILES string of the molecule is CN1CCN(CCCNCc2cnn(C)c2C2CC2)CC1. The number of aromatic nitrogens is 2. The highest BCUT2D eigenvalue weighted by Crippen LogP contribution is 2.41. The van der Waals surface area contributed by atoms with Crippen molar-refractivity contribution >= 4 is 0 Å². The largest absolute Gasteiger partial charge is 0.312 e. The topological polar surface area (TPSA) is 36.3 Å². The molecule has 1 aliphatic carbocycles. The molecule has 1 aliphatic heterocycles. The average molecular weight is 291 g/mol. The highest BCUT2D eigenvalue weighted by Gasteiger charge is 2.28. The molecule has 1 saturated carbocycles. The summed E-state index contributed by atoms with van der Waals surface area (Å²) in [5, 5.41) is 8.02. The smallest absolute Gasteiger partial charge is 0.0537 e. The van der Waals surface area contributed by atoms with E-state index in [1.165, 1.54) is 63.2 Å². The second kappa shape index (κ2) is 6.90. The van der Waals surface area contributed by atoms with Crippen molar-refractivity contribution in [1.29, 1.82) is 0 Å². The summed E-state index contributed by atoms with van der Waals surface area (Å²) < 4.78 is 2.07. The molecule has 5 nitrogen and oxygen atoms in total. The summed E-state index contributed by atoms with van der Waals surface area (Å²) in [5.74, 6) is 0.777. The fraction of sp³-hybridized carbons (Fsp3) is 0.812. The van der Waals surface area contributed by atoms with Crippen LogP contribution in [0.5, 0.6) is 0 Å². The Balaban J connectivity index is 1.33. The highest BCUT2D eigenvalue weighted by atomic mass is 15.3. The Labute approximate surface area is 128 Å². The van der Waals surface area contributed by atoms with Gasteiger partial charge in [0.05, 0.1) is 6.20 Å². The number of nitrogens with zero attached hydrogens (tertiary/aromatic N) is 4. The van der Waals surface area contributed by atoms with Gasteiger partial charge in [-0.1, -0.05) is 0 Å². The normalized spacial score (nSPS) is 21.0. The molecule has 0 aromatic carbocycles. The van der Waals surface area contributed by atoms with Crippen LogP contribution in [-0.2, 0) is 13.6 Å². The molecule has 2 fully saturated rings. The summed E-state index contributed by atoms with van der Waals surface area (Å²) in [6.45, 7) is 8.19. The standard InChI is InChI=1S/C16H29N5/c1-19-8-10-21(11-9-19)7-3-6-17-12-15-13-18-20(2)16(15)14-4-5-14/h13-14,17H,3-12H2,1-2H3. The number of rotatable bonds is 7. The van der Waals surface area contributed by atoms with E-state index in [4.69, 9.17) is 0 Å². The van der Waals surface area contributed by atoms with E-state index in [1.807, 2.05) is 6.20 Å². The van der Waals surface area contributed by atoms with Gasteiger partial charge < -0.3 is 15.1 Å². The lowest BCUT2D eigenvalue weighted by Crippen LogP contribution is -2.45. The van der Waals surface area contributed by atoms with Gasteiger partial charge in [0.2, 0.25) is 0 Å². The molecule has 0 bridgehead atoms. The summed E-state index contributed by atoms with van der Waals surface area (Å²) in [5.41, 5.74) is 2.86. The number of likely N-dealkylation sites (N-methyl/N-ethyl adjacent to an activating group) is 1. The number of piperazine rings is 1. The molecule has 1 N–H and O–H groups in total. The Morgan fingerprint density at radius 3 is 2.67 bits per heavy atom. The predicted molar refractivity (Wildman–Crippen MR) is 85.4 cm³/mol. The molecule has 21 heavy (non-hydrogen) atoms. The van der Waals surface area contributed by atoms with Crippen LogP contribution < -0.4 is 5.32 Å². The number of aryl methyl sites for hydroxylation is 1. The molecule has 3 rings (SSSR count). The van der Waals surface area contributed by atoms with Gasteiger partial charge in [0.15, 0.2) is 0 Å². The number of hydrogen-bond acceptors (Lipinski definition) is 4. The van der Waals surface area contributed by atoms with Crippen LogP contribution in [0.1, 0.15) is 36.4 Å². The van der Waals surface area contributed by atoms with Crippen LogP contribution in [0.25, 0.3) is 0 Å². The van der Waals surface area contributed by atoms with Crippen molar-refractivity contribution in [2.45, 2.75) is 31.7 Å². The van der Waals surface area contributed by atoms with E-state index in [9.17, 15) is 0 Å². The average Bonchev–Trinajstić information content (AvgIpc) is 3.25. The predicted octanol–water partition coefficient (Wildman–Crippen LogP) is 1.02. The zero-order valence-corrected chi connectivity index (χ0v) is 13.5. The second-order valence-corrected chi connectivity index (χ2v) is 6.63. The van der Waals surface area contributed by atoms with Crippen molar-refractivity contribution in [2.75, 3.05) is 46.3 Å². The van der Waals surface area contributed by atoms with Gasteiger partial charge in [0.25, 0.3) is 0 Å². The minimum absolute atomic E-state index is 0.777. The summed E-state index contributed by atoms with van der Waals surface area (Å²) in [6, 6.07) is 0. The van der Waals surface area contributed by atoms with Gasteiger partial charge in [-0.05, 0) is 39.4 Å². The Kier molecular flexibility index (Phi) is 4.93. The molecule has 0 radical (unpaired) electrons. The molecular formula is C16H29N5. The summed E-state index contributed by atoms with van der Waals surface area (Å²) >= 11 is 0. The molecule has 0 amide bonds. The molecule has 1 aromatic rings. The van der Waals surface area contributed by atoms with E-state index in [0.717, 1.165) is 19.0 Å². The van der Waals surface area contributed by atoms with E-state index in [2.05, 4.69) is 39.0 Å². The second-order valence-electron chi connectivity index (χ2n) is 6.63. The Bertz CT molecular complexity index is 444. The first-order chi connectivity index (χ1) is 10.2. The van der Waals surface area contributed by atoms with E-state index < -0.39 is 0 Å². The van der Waals surface area contributed by atoms with Crippen LogP contribution in [0, 0.1) is 0 Å². The Morgan fingerprint density at radius 1 is 1.19 bits per heavy atom. The minimum atomic E-state index is 0.777. The van der Waals surface area contributed by atoms with Crippen LogP contribution in [0.15, 0.2) is 6.20 Å². The maximum atomic E-state index is 4.42. The van der Waals surface area contributed by atoms with Crippen molar-refractivity contribution in [3.05, 3.63) is 17.5 Å². The molecule has 0 spiro atoms. The molecule has 2 aliphatic rings. The van der Waals surface area contributed by atoms with Gasteiger partial charge in [-0.25, -0.2) is 0 Å². The molecular weight excluding hydrogens is 262 g/mol. The van der Waals surface area contributed by atoms with Crippen molar-refractivity contribution in [3.8, 4) is 0 Å². The number of hydrogen-bond donors (Lipinski definition) is 1. The van der Waals surface area contributed by atoms with Gasteiger partial charge in [-0.15, -0.1) is 0 Å². The van der Waals surface area contributed by atoms with Crippen LogP contribution in [0.4, 0.5) is 0 Å². The molecule has 2 heterocycles. The van der Waals surface area contributed by atoms with Crippen LogP contribution >= 0.6 is 0 Å². The van der Waals surface area contributed by atoms with Gasteiger partial charge >= 0.3 is 0 Å². The van der Waals surface area contributed by atoms with Gasteiger partial charge in [0.1, 0.15) is 0 Å². The molecule has 0 atom stereocenters. The number of nitrogens with one attached hydrogen (secondary N) is 1. The monoisotopic (exact) mass is 291 g/mol. The first-order valence-electron chi connectivity index (χ1n) is 8.36. The molecule has 5 heteroatoms. The highest BCUT2D eigenvalue weighted by molar-refractivity contribution is 5.25. The third kappa shape index (κ3) is 4.05. The van der Waals surface area contributed by atoms with Crippen LogP contribution in [0.2, 0.25) is 0 Å². The maximum Gasteiger partial charge on any atom is 0.0537 e. The summed E-state index contributed by atoms with van der Waals surface area (Å²) in [4.78, 5) is 5.00. The van der Waals surface area contributed by atoms with Crippen molar-refractivity contribution in [1.82, 2.24) is 24.9 Å². The molecule has 1 aromatic heterocycles. The zero-order chi connectivity index (χ0) is 14.7. The first kappa shape index (κ1) is 15.0. The summed E-state index contributed by atoms with van der Waals surface area (Å²) in [7, 11) is 4.29. The lowest BCUT2D eigenvalue weighted by molar-refractivity contribution is 0.152. The van der Waals surface area contributed by atoms with Crippen LogP contribution in [0.3, 0.4) is 0 Å². The van der Waals surface area contributed by atoms with E-state index in [-0.39, 0.29) is 0 Å². The summed E-state index contributed by atoms with van der Waals surface area (Å²) in [6.07, 6.45) is 5.97. The fourth-order valence-electron chi connectivity index (χ4n) is 3.23. The van der Waals surface area contributed by atoms with Crippen molar-refractivity contribution in [3.63, 3.8) is 0 Å². The lowest BCUT2D eigenvalue weighted by atomic mass is 10.2. The van der Waals surface area contributed by atoms with Crippen molar-refractivity contribution in [2.24, 2.45) is 7.05 Å². The maximum absolute atomic E-state index is 4.42. The third-order valence-electron chi connectivity index (χ3n) is 4.77. The Morgan fingerprint density at radius 2 is 1.95 bits per heavy atom. The van der Waals surface area contributed by atoms with E-state index >= 15 is 0 Å². The molecule has 118 valence electrons. The van der Waals surface area contributed by atoms with Gasteiger partial charge in [0, 0.05) is 56.9 Å². The van der Waals surface area contributed by atoms with Crippen LogP contribution in [-0.4, -0.2) is 65.9 Å². The molecule has 0 unspecified atom stereocenters. The molecule has 1 saturated heterocycles. The Hall–Kier alpha value is -0.910. The van der Waals surface area contributed by atoms with Gasteiger partial charge in [-0.2, -0.15) is 5.10 Å². The lowest BCUT2D eigenvalue weighted by Gasteiger charge is -2.32. The third-order valence-corrected chi connectivity index (χ3v) is 4.77. The van der Waals surface area contributed by atoms with Gasteiger partial charge in [-0.3, -0.25) is 4.68 Å². The van der Waals surface area contributed by atoms with Crippen molar-refractivity contribution < 1.29 is 0 Å². The zero-order valence-electron chi connectivity index (χ0n) is 13.5. The minimum Gasteiger partial charge on any atom is -0.312 e. The first-order valence-corrected chi connectivity index (χ1v) is 8.36. The fourth-order valence-corrected chi connectivity index (χ4v) is 3.23.